The van der Waals surface area contributed by atoms with Gasteiger partial charge in [0.1, 0.15) is 6.04 Å². The van der Waals surface area contributed by atoms with E-state index in [2.05, 4.69) is 10.6 Å². The van der Waals surface area contributed by atoms with Crippen LogP contribution >= 0.6 is 0 Å². The van der Waals surface area contributed by atoms with E-state index in [9.17, 15) is 9.59 Å². The van der Waals surface area contributed by atoms with Crippen LogP contribution in [0.15, 0.2) is 24.3 Å². The molecule has 0 fully saturated rings. The summed E-state index contributed by atoms with van der Waals surface area (Å²) in [5, 5.41) is 5.69. The van der Waals surface area contributed by atoms with Crippen LogP contribution in [0.3, 0.4) is 0 Å². The van der Waals surface area contributed by atoms with Gasteiger partial charge in [0, 0.05) is 18.3 Å². The Morgan fingerprint density at radius 2 is 2.00 bits per heavy atom. The summed E-state index contributed by atoms with van der Waals surface area (Å²) in [5.74, 6) is -0.437. The molecule has 0 radical (unpaired) electrons. The standard InChI is InChI=1S/C13H18N2O3/c1-4-18-13(17)9(2)14-11-6-5-7-12(8-11)15-10(3)16/h5-9,14H,4H2,1-3H3,(H,15,16). The molecule has 98 valence electrons. The fourth-order valence-electron chi connectivity index (χ4n) is 1.47. The first-order valence-corrected chi connectivity index (χ1v) is 5.83. The lowest BCUT2D eigenvalue weighted by Gasteiger charge is -2.14. The van der Waals surface area contributed by atoms with E-state index < -0.39 is 6.04 Å². The number of esters is 1. The van der Waals surface area contributed by atoms with Crippen LogP contribution in [0.4, 0.5) is 11.4 Å². The van der Waals surface area contributed by atoms with Gasteiger partial charge in [0.2, 0.25) is 5.91 Å². The van der Waals surface area contributed by atoms with Crippen molar-refractivity contribution in [2.24, 2.45) is 0 Å². The molecular formula is C13H18N2O3. The molecular weight excluding hydrogens is 232 g/mol. The Morgan fingerprint density at radius 3 is 2.61 bits per heavy atom. The molecule has 0 aliphatic heterocycles. The summed E-state index contributed by atoms with van der Waals surface area (Å²) in [7, 11) is 0. The molecule has 1 aromatic carbocycles. The fourth-order valence-corrected chi connectivity index (χ4v) is 1.47. The smallest absolute Gasteiger partial charge is 0.328 e. The summed E-state index contributed by atoms with van der Waals surface area (Å²) < 4.78 is 4.90. The van der Waals surface area contributed by atoms with Gasteiger partial charge in [0.25, 0.3) is 0 Å². The lowest BCUT2D eigenvalue weighted by atomic mass is 10.2. The van der Waals surface area contributed by atoms with Crippen molar-refractivity contribution in [2.45, 2.75) is 26.8 Å². The quantitative estimate of drug-likeness (QED) is 0.784. The highest BCUT2D eigenvalue weighted by Crippen LogP contribution is 2.16. The van der Waals surface area contributed by atoms with E-state index in [-0.39, 0.29) is 11.9 Å². The average molecular weight is 250 g/mol. The molecule has 0 saturated heterocycles. The van der Waals surface area contributed by atoms with Crippen LogP contribution in [0, 0.1) is 0 Å². The summed E-state index contributed by atoms with van der Waals surface area (Å²) >= 11 is 0. The zero-order chi connectivity index (χ0) is 13.5. The lowest BCUT2D eigenvalue weighted by molar-refractivity contribution is -0.143. The number of carbonyl (C=O) groups is 2. The van der Waals surface area contributed by atoms with E-state index in [1.807, 2.05) is 6.07 Å². The number of nitrogens with one attached hydrogen (secondary N) is 2. The van der Waals surface area contributed by atoms with Crippen LogP contribution in [-0.2, 0) is 14.3 Å². The summed E-state index contributed by atoms with van der Waals surface area (Å²) in [6, 6.07) is 6.73. The zero-order valence-electron chi connectivity index (χ0n) is 10.8. The predicted octanol–water partition coefficient (Wildman–Crippen LogP) is 2.01. The normalized spacial score (nSPS) is 11.5. The average Bonchev–Trinajstić information content (AvgIpc) is 2.28. The van der Waals surface area contributed by atoms with Gasteiger partial charge in [-0.15, -0.1) is 0 Å². The molecule has 5 nitrogen and oxygen atoms in total. The number of benzene rings is 1. The Morgan fingerprint density at radius 1 is 1.33 bits per heavy atom. The largest absolute Gasteiger partial charge is 0.464 e. The monoisotopic (exact) mass is 250 g/mol. The number of hydrogen-bond acceptors (Lipinski definition) is 4. The zero-order valence-corrected chi connectivity index (χ0v) is 10.8. The molecule has 1 unspecified atom stereocenters. The van der Waals surface area contributed by atoms with Gasteiger partial charge in [-0.25, -0.2) is 4.79 Å². The molecule has 2 N–H and O–H groups in total. The second-order valence-corrected chi connectivity index (χ2v) is 3.88. The maximum Gasteiger partial charge on any atom is 0.328 e. The van der Waals surface area contributed by atoms with Crippen LogP contribution < -0.4 is 10.6 Å². The van der Waals surface area contributed by atoms with E-state index in [4.69, 9.17) is 4.74 Å². The number of rotatable bonds is 5. The number of hydrogen-bond donors (Lipinski definition) is 2. The van der Waals surface area contributed by atoms with E-state index in [0.717, 1.165) is 5.69 Å². The highest BCUT2D eigenvalue weighted by Gasteiger charge is 2.13. The summed E-state index contributed by atoms with van der Waals surface area (Å²) in [4.78, 5) is 22.4. The van der Waals surface area contributed by atoms with Gasteiger partial charge < -0.3 is 15.4 Å². The van der Waals surface area contributed by atoms with Crippen molar-refractivity contribution in [1.82, 2.24) is 0 Å². The molecule has 0 aliphatic rings. The summed E-state index contributed by atoms with van der Waals surface area (Å²) in [5.41, 5.74) is 1.44. The Kier molecular flexibility index (Phi) is 5.17. The first-order valence-electron chi connectivity index (χ1n) is 5.83. The summed E-state index contributed by atoms with van der Waals surface area (Å²) in [6.45, 7) is 5.29. The molecule has 0 aliphatic carbocycles. The van der Waals surface area contributed by atoms with Gasteiger partial charge in [0.15, 0.2) is 0 Å². The van der Waals surface area contributed by atoms with Crippen molar-refractivity contribution >= 4 is 23.3 Å². The van der Waals surface area contributed by atoms with Gasteiger partial charge in [-0.05, 0) is 32.0 Å². The Labute approximate surface area is 107 Å². The summed E-state index contributed by atoms with van der Waals surface area (Å²) in [6.07, 6.45) is 0. The van der Waals surface area contributed by atoms with Gasteiger partial charge in [0.05, 0.1) is 6.61 Å². The third-order valence-corrected chi connectivity index (χ3v) is 2.21. The molecule has 5 heteroatoms. The van der Waals surface area contributed by atoms with Crippen LogP contribution in [-0.4, -0.2) is 24.5 Å². The van der Waals surface area contributed by atoms with Crippen LogP contribution in [0.5, 0.6) is 0 Å². The Balaban J connectivity index is 2.66. The van der Waals surface area contributed by atoms with Crippen molar-refractivity contribution in [3.05, 3.63) is 24.3 Å². The second-order valence-electron chi connectivity index (χ2n) is 3.88. The van der Waals surface area contributed by atoms with Crippen LogP contribution in [0.1, 0.15) is 20.8 Å². The third-order valence-electron chi connectivity index (χ3n) is 2.21. The van der Waals surface area contributed by atoms with Crippen molar-refractivity contribution in [3.63, 3.8) is 0 Å². The number of amides is 1. The molecule has 0 aromatic heterocycles. The molecule has 1 atom stereocenters. The van der Waals surface area contributed by atoms with E-state index in [1.54, 1.807) is 32.0 Å². The van der Waals surface area contributed by atoms with Crippen molar-refractivity contribution in [2.75, 3.05) is 17.2 Å². The molecule has 1 aromatic rings. The highest BCUT2D eigenvalue weighted by atomic mass is 16.5. The minimum atomic E-state index is -0.433. The molecule has 1 rings (SSSR count). The molecule has 0 spiro atoms. The van der Waals surface area contributed by atoms with Crippen molar-refractivity contribution < 1.29 is 14.3 Å². The van der Waals surface area contributed by atoms with E-state index in [0.29, 0.717) is 12.3 Å². The maximum atomic E-state index is 11.5. The van der Waals surface area contributed by atoms with E-state index >= 15 is 0 Å². The topological polar surface area (TPSA) is 67.4 Å². The first-order chi connectivity index (χ1) is 8.52. The van der Waals surface area contributed by atoms with Gasteiger partial charge >= 0.3 is 5.97 Å². The highest BCUT2D eigenvalue weighted by molar-refractivity contribution is 5.89. The minimum absolute atomic E-state index is 0.134. The predicted molar refractivity (Wildman–Crippen MR) is 70.5 cm³/mol. The van der Waals surface area contributed by atoms with Crippen LogP contribution in [0.25, 0.3) is 0 Å². The van der Waals surface area contributed by atoms with Gasteiger partial charge in [-0.3, -0.25) is 4.79 Å². The van der Waals surface area contributed by atoms with Crippen LogP contribution in [0.2, 0.25) is 0 Å². The van der Waals surface area contributed by atoms with Crippen molar-refractivity contribution in [1.29, 1.82) is 0 Å². The molecule has 0 heterocycles. The third kappa shape index (κ3) is 4.45. The lowest BCUT2D eigenvalue weighted by Crippen LogP contribution is -2.28. The first kappa shape index (κ1) is 14.0. The molecule has 18 heavy (non-hydrogen) atoms. The number of ether oxygens (including phenoxy) is 1. The number of anilines is 2. The minimum Gasteiger partial charge on any atom is -0.464 e. The Hall–Kier alpha value is -2.04. The number of carbonyl (C=O) groups excluding carboxylic acids is 2. The van der Waals surface area contributed by atoms with Gasteiger partial charge in [-0.2, -0.15) is 0 Å². The fraction of sp³-hybridized carbons (Fsp3) is 0.385. The Bertz CT molecular complexity index is 432. The van der Waals surface area contributed by atoms with Gasteiger partial charge in [-0.1, -0.05) is 6.07 Å². The molecule has 0 bridgehead atoms. The molecule has 0 saturated carbocycles. The van der Waals surface area contributed by atoms with Crippen molar-refractivity contribution in [3.8, 4) is 0 Å². The van der Waals surface area contributed by atoms with E-state index in [1.165, 1.54) is 6.92 Å². The second kappa shape index (κ2) is 6.64. The maximum absolute atomic E-state index is 11.5. The SMILES string of the molecule is CCOC(=O)C(C)Nc1cccc(NC(C)=O)c1. The molecule has 1 amide bonds.